The van der Waals surface area contributed by atoms with Crippen molar-refractivity contribution in [2.24, 2.45) is 0 Å². The second-order valence-corrected chi connectivity index (χ2v) is 5.38. The molecule has 100 valence electrons. The Morgan fingerprint density at radius 2 is 2.00 bits per heavy atom. The lowest BCUT2D eigenvalue weighted by molar-refractivity contribution is 0.167. The molecule has 0 bridgehead atoms. The summed E-state index contributed by atoms with van der Waals surface area (Å²) >= 11 is 12.0. The van der Waals surface area contributed by atoms with E-state index in [1.54, 1.807) is 6.07 Å². The van der Waals surface area contributed by atoms with E-state index in [0.717, 1.165) is 38.2 Å². The zero-order valence-corrected chi connectivity index (χ0v) is 11.9. The van der Waals surface area contributed by atoms with E-state index in [9.17, 15) is 5.11 Å². The maximum Gasteiger partial charge on any atom is 0.139 e. The summed E-state index contributed by atoms with van der Waals surface area (Å²) in [6, 6.07) is 3.56. The second-order valence-electron chi connectivity index (χ2n) is 4.54. The summed E-state index contributed by atoms with van der Waals surface area (Å²) in [5, 5.41) is 14.3. The third-order valence-corrected chi connectivity index (χ3v) is 3.90. The second kappa shape index (κ2) is 6.11. The Morgan fingerprint density at radius 3 is 2.61 bits per heavy atom. The Hall–Kier alpha value is -0.480. The van der Waals surface area contributed by atoms with Gasteiger partial charge in [0.25, 0.3) is 0 Å². The standard InChI is InChI=1S/C13H18Cl2N2O/c1-2-12(17-5-3-16-4-6-17)10-7-9(14)8-11(15)13(10)18/h7-8,12,16,18H,2-6H2,1H3/t12-/m0/s1. The van der Waals surface area contributed by atoms with Crippen LogP contribution in [0.25, 0.3) is 0 Å². The van der Waals surface area contributed by atoms with Crippen LogP contribution in [-0.2, 0) is 0 Å². The van der Waals surface area contributed by atoms with Gasteiger partial charge in [-0.15, -0.1) is 0 Å². The van der Waals surface area contributed by atoms with Gasteiger partial charge in [-0.25, -0.2) is 0 Å². The van der Waals surface area contributed by atoms with Crippen molar-refractivity contribution in [2.75, 3.05) is 26.2 Å². The lowest BCUT2D eigenvalue weighted by atomic mass is 10.0. The van der Waals surface area contributed by atoms with Gasteiger partial charge >= 0.3 is 0 Å². The molecule has 1 aliphatic rings. The molecule has 2 N–H and O–H groups in total. The molecule has 18 heavy (non-hydrogen) atoms. The van der Waals surface area contributed by atoms with Crippen LogP contribution in [0.2, 0.25) is 10.0 Å². The molecule has 0 saturated carbocycles. The maximum atomic E-state index is 10.1. The zero-order chi connectivity index (χ0) is 13.1. The maximum absolute atomic E-state index is 10.1. The topological polar surface area (TPSA) is 35.5 Å². The molecule has 0 amide bonds. The molecule has 0 radical (unpaired) electrons. The van der Waals surface area contributed by atoms with Gasteiger partial charge in [0.1, 0.15) is 5.75 Å². The molecule has 1 saturated heterocycles. The number of nitrogens with one attached hydrogen (secondary N) is 1. The third-order valence-electron chi connectivity index (χ3n) is 3.40. The fourth-order valence-electron chi connectivity index (χ4n) is 2.51. The molecule has 0 unspecified atom stereocenters. The van der Waals surface area contributed by atoms with E-state index in [2.05, 4.69) is 17.1 Å². The number of halogens is 2. The van der Waals surface area contributed by atoms with Crippen LogP contribution in [0, 0.1) is 0 Å². The number of benzene rings is 1. The Labute approximate surface area is 118 Å². The molecule has 1 aliphatic heterocycles. The summed E-state index contributed by atoms with van der Waals surface area (Å²) in [5.74, 6) is 0.159. The molecule has 1 aromatic rings. The van der Waals surface area contributed by atoms with E-state index in [-0.39, 0.29) is 11.8 Å². The number of aromatic hydroxyl groups is 1. The minimum atomic E-state index is 0.159. The molecule has 1 aromatic carbocycles. The molecule has 1 heterocycles. The molecule has 2 rings (SSSR count). The van der Waals surface area contributed by atoms with Gasteiger partial charge in [0.15, 0.2) is 0 Å². The lowest BCUT2D eigenvalue weighted by Crippen LogP contribution is -2.45. The van der Waals surface area contributed by atoms with Crippen molar-refractivity contribution >= 4 is 23.2 Å². The van der Waals surface area contributed by atoms with Gasteiger partial charge in [0, 0.05) is 42.8 Å². The number of nitrogens with zero attached hydrogens (tertiary/aromatic N) is 1. The van der Waals surface area contributed by atoms with Crippen LogP contribution in [0.5, 0.6) is 5.75 Å². The smallest absolute Gasteiger partial charge is 0.139 e. The van der Waals surface area contributed by atoms with Crippen molar-refractivity contribution < 1.29 is 5.11 Å². The van der Waals surface area contributed by atoms with Crippen LogP contribution >= 0.6 is 23.2 Å². The molecular weight excluding hydrogens is 271 g/mol. The fraction of sp³-hybridized carbons (Fsp3) is 0.538. The summed E-state index contributed by atoms with van der Waals surface area (Å²) in [4.78, 5) is 2.36. The largest absolute Gasteiger partial charge is 0.506 e. The number of phenolic OH excluding ortho intramolecular Hbond substituents is 1. The average Bonchev–Trinajstić information content (AvgIpc) is 2.37. The van der Waals surface area contributed by atoms with Gasteiger partial charge in [0.2, 0.25) is 0 Å². The number of piperazine rings is 1. The molecule has 5 heteroatoms. The number of hydrogen-bond donors (Lipinski definition) is 2. The Morgan fingerprint density at radius 1 is 1.33 bits per heavy atom. The Kier molecular flexibility index (Phi) is 4.73. The summed E-state index contributed by atoms with van der Waals surface area (Å²) in [6.45, 7) is 6.02. The van der Waals surface area contributed by atoms with Gasteiger partial charge in [-0.1, -0.05) is 30.1 Å². The highest BCUT2D eigenvalue weighted by molar-refractivity contribution is 6.35. The Bertz CT molecular complexity index is 420. The van der Waals surface area contributed by atoms with Gasteiger partial charge < -0.3 is 10.4 Å². The van der Waals surface area contributed by atoms with Crippen molar-refractivity contribution in [1.82, 2.24) is 10.2 Å². The fourth-order valence-corrected chi connectivity index (χ4v) is 3.02. The van der Waals surface area contributed by atoms with E-state index < -0.39 is 0 Å². The van der Waals surface area contributed by atoms with Crippen LogP contribution < -0.4 is 5.32 Å². The van der Waals surface area contributed by atoms with Crippen LogP contribution in [0.15, 0.2) is 12.1 Å². The van der Waals surface area contributed by atoms with E-state index in [0.29, 0.717) is 10.0 Å². The summed E-state index contributed by atoms with van der Waals surface area (Å²) in [6.07, 6.45) is 0.921. The first-order valence-corrected chi connectivity index (χ1v) is 7.01. The highest BCUT2D eigenvalue weighted by Gasteiger charge is 2.24. The minimum absolute atomic E-state index is 0.159. The minimum Gasteiger partial charge on any atom is -0.506 e. The first kappa shape index (κ1) is 13.9. The number of hydrogen-bond acceptors (Lipinski definition) is 3. The number of rotatable bonds is 3. The summed E-state index contributed by atoms with van der Waals surface area (Å²) < 4.78 is 0. The van der Waals surface area contributed by atoms with Crippen molar-refractivity contribution in [3.8, 4) is 5.75 Å². The predicted octanol–water partition coefficient (Wildman–Crippen LogP) is 3.06. The van der Waals surface area contributed by atoms with Crippen molar-refractivity contribution in [3.05, 3.63) is 27.7 Å². The van der Waals surface area contributed by atoms with Crippen LogP contribution in [0.1, 0.15) is 24.9 Å². The van der Waals surface area contributed by atoms with Gasteiger partial charge in [-0.2, -0.15) is 0 Å². The third kappa shape index (κ3) is 2.91. The molecule has 0 aromatic heterocycles. The quantitative estimate of drug-likeness (QED) is 0.897. The zero-order valence-electron chi connectivity index (χ0n) is 10.4. The van der Waals surface area contributed by atoms with Gasteiger partial charge in [-0.3, -0.25) is 4.90 Å². The van der Waals surface area contributed by atoms with Crippen molar-refractivity contribution in [1.29, 1.82) is 0 Å². The first-order valence-electron chi connectivity index (χ1n) is 6.26. The van der Waals surface area contributed by atoms with E-state index >= 15 is 0 Å². The molecular formula is C13H18Cl2N2O. The summed E-state index contributed by atoms with van der Waals surface area (Å²) in [5.41, 5.74) is 0.830. The van der Waals surface area contributed by atoms with E-state index in [1.807, 2.05) is 6.07 Å². The molecule has 3 nitrogen and oxygen atoms in total. The highest BCUT2D eigenvalue weighted by atomic mass is 35.5. The SMILES string of the molecule is CC[C@@H](c1cc(Cl)cc(Cl)c1O)N1CCNCC1. The molecule has 1 fully saturated rings. The Balaban J connectivity index is 2.31. The van der Waals surface area contributed by atoms with Crippen LogP contribution in [0.4, 0.5) is 0 Å². The lowest BCUT2D eigenvalue weighted by Gasteiger charge is -2.35. The van der Waals surface area contributed by atoms with Crippen LogP contribution in [0.3, 0.4) is 0 Å². The van der Waals surface area contributed by atoms with Crippen molar-refractivity contribution in [2.45, 2.75) is 19.4 Å². The monoisotopic (exact) mass is 288 g/mol. The average molecular weight is 289 g/mol. The van der Waals surface area contributed by atoms with Crippen molar-refractivity contribution in [3.63, 3.8) is 0 Å². The highest BCUT2D eigenvalue weighted by Crippen LogP contribution is 2.38. The number of phenols is 1. The summed E-state index contributed by atoms with van der Waals surface area (Å²) in [7, 11) is 0. The molecule has 0 aliphatic carbocycles. The van der Waals surface area contributed by atoms with E-state index in [4.69, 9.17) is 23.2 Å². The normalized spacial score (nSPS) is 18.8. The molecule has 1 atom stereocenters. The molecule has 0 spiro atoms. The first-order chi connectivity index (χ1) is 8.63. The predicted molar refractivity (Wildman–Crippen MR) is 75.6 cm³/mol. The van der Waals surface area contributed by atoms with E-state index in [1.165, 1.54) is 0 Å². The van der Waals surface area contributed by atoms with Gasteiger partial charge in [-0.05, 0) is 18.6 Å². The van der Waals surface area contributed by atoms with Gasteiger partial charge in [0.05, 0.1) is 5.02 Å². The van der Waals surface area contributed by atoms with Crippen LogP contribution in [-0.4, -0.2) is 36.2 Å².